The molecule has 0 amide bonds. The summed E-state index contributed by atoms with van der Waals surface area (Å²) >= 11 is 0. The molecule has 2 unspecified atom stereocenters. The van der Waals surface area contributed by atoms with Gasteiger partial charge in [0.05, 0.1) is 12.2 Å². The van der Waals surface area contributed by atoms with Crippen molar-refractivity contribution in [2.75, 3.05) is 0 Å². The molecule has 4 aliphatic carbocycles. The average Bonchev–Trinajstić information content (AvgIpc) is 2.88. The van der Waals surface area contributed by atoms with Crippen LogP contribution in [-0.2, 0) is 4.79 Å². The molecule has 0 bridgehead atoms. The van der Waals surface area contributed by atoms with Crippen LogP contribution >= 0.6 is 0 Å². The third-order valence-electron chi connectivity index (χ3n) is 8.24. The van der Waals surface area contributed by atoms with E-state index in [-0.39, 0.29) is 28.6 Å². The first kappa shape index (κ1) is 16.5. The van der Waals surface area contributed by atoms with Gasteiger partial charge < -0.3 is 10.2 Å². The maximum atomic E-state index is 12.2. The first-order chi connectivity index (χ1) is 11.3. The fourth-order valence-electron chi connectivity index (χ4n) is 6.77. The molecule has 0 aromatic carbocycles. The molecule has 24 heavy (non-hydrogen) atoms. The Morgan fingerprint density at radius 2 is 1.92 bits per heavy atom. The Bertz CT molecular complexity index is 621. The topological polar surface area (TPSA) is 57.5 Å². The Morgan fingerprint density at radius 3 is 2.62 bits per heavy atom. The number of ketones is 1. The van der Waals surface area contributed by atoms with Gasteiger partial charge in [-0.3, -0.25) is 4.79 Å². The lowest BCUT2D eigenvalue weighted by molar-refractivity contribution is -0.140. The third-order valence-corrected chi connectivity index (χ3v) is 8.24. The monoisotopic (exact) mass is 330 g/mol. The molecule has 0 radical (unpaired) electrons. The molecule has 8 atom stereocenters. The predicted molar refractivity (Wildman–Crippen MR) is 93.2 cm³/mol. The van der Waals surface area contributed by atoms with Crippen LogP contribution in [0.25, 0.3) is 0 Å². The molecule has 2 saturated carbocycles. The minimum absolute atomic E-state index is 0.00442. The summed E-state index contributed by atoms with van der Waals surface area (Å²) in [5.41, 5.74) is 1.03. The second kappa shape index (κ2) is 5.28. The van der Waals surface area contributed by atoms with Crippen LogP contribution in [-0.4, -0.2) is 28.2 Å². The van der Waals surface area contributed by atoms with E-state index < -0.39 is 6.10 Å². The van der Waals surface area contributed by atoms with E-state index in [4.69, 9.17) is 0 Å². The number of hydrogen-bond acceptors (Lipinski definition) is 3. The van der Waals surface area contributed by atoms with E-state index in [1.807, 2.05) is 6.08 Å². The molecule has 3 heteroatoms. The van der Waals surface area contributed by atoms with E-state index >= 15 is 0 Å². The van der Waals surface area contributed by atoms with Crippen molar-refractivity contribution in [3.05, 3.63) is 23.8 Å². The fraction of sp³-hybridized carbons (Fsp3) is 0.762. The third kappa shape index (κ3) is 2.00. The van der Waals surface area contributed by atoms with Gasteiger partial charge in [0.1, 0.15) is 5.78 Å². The van der Waals surface area contributed by atoms with Crippen LogP contribution in [0.2, 0.25) is 0 Å². The number of fused-ring (bicyclic) bond motifs is 5. The van der Waals surface area contributed by atoms with Gasteiger partial charge in [-0.25, -0.2) is 0 Å². The van der Waals surface area contributed by atoms with Gasteiger partial charge in [0.25, 0.3) is 0 Å². The number of allylic oxidation sites excluding steroid dienone is 3. The number of carbonyl (C=O) groups is 1. The van der Waals surface area contributed by atoms with Crippen LogP contribution in [0.5, 0.6) is 0 Å². The predicted octanol–water partition coefficient (Wildman–Crippen LogP) is 3.26. The van der Waals surface area contributed by atoms with Gasteiger partial charge >= 0.3 is 0 Å². The molecule has 0 aromatic heterocycles. The highest BCUT2D eigenvalue weighted by Crippen LogP contribution is 2.65. The maximum absolute atomic E-state index is 12.2. The van der Waals surface area contributed by atoms with Crippen molar-refractivity contribution >= 4 is 5.78 Å². The average molecular weight is 330 g/mol. The van der Waals surface area contributed by atoms with Crippen molar-refractivity contribution in [1.29, 1.82) is 0 Å². The van der Waals surface area contributed by atoms with Crippen LogP contribution < -0.4 is 0 Å². The molecule has 0 heterocycles. The molecule has 4 rings (SSSR count). The smallest absolute Gasteiger partial charge is 0.133 e. The fourth-order valence-corrected chi connectivity index (χ4v) is 6.77. The number of Topliss-reactive ketones (excluding diaryl/α,β-unsaturated/α-hetero) is 1. The van der Waals surface area contributed by atoms with E-state index in [2.05, 4.69) is 26.0 Å². The Labute approximate surface area is 144 Å². The Hall–Kier alpha value is -0.930. The molecule has 4 aliphatic rings. The van der Waals surface area contributed by atoms with Gasteiger partial charge in [0, 0.05) is 11.3 Å². The van der Waals surface area contributed by atoms with Crippen LogP contribution in [0.1, 0.15) is 52.9 Å². The van der Waals surface area contributed by atoms with E-state index in [1.54, 1.807) is 6.92 Å². The molecule has 3 nitrogen and oxygen atoms in total. The van der Waals surface area contributed by atoms with E-state index in [0.29, 0.717) is 17.8 Å². The summed E-state index contributed by atoms with van der Waals surface area (Å²) in [6.45, 7) is 6.17. The summed E-state index contributed by atoms with van der Waals surface area (Å²) in [5.74, 6) is 1.50. The SMILES string of the molecule is CC(=O)C1CC[C@H]2[C@@H]3C=CC4=CC(O)CC[C@]4(C)[C@H]3C[C@@H](O)[C@]12C. The largest absolute Gasteiger partial charge is 0.393 e. The van der Waals surface area contributed by atoms with Crippen molar-refractivity contribution in [2.24, 2.45) is 34.5 Å². The molecule has 132 valence electrons. The zero-order chi connectivity index (χ0) is 17.3. The van der Waals surface area contributed by atoms with Gasteiger partial charge in [-0.1, -0.05) is 32.1 Å². The van der Waals surface area contributed by atoms with Crippen molar-refractivity contribution in [3.63, 3.8) is 0 Å². The molecule has 0 aliphatic heterocycles. The number of aliphatic hydroxyl groups is 2. The molecule has 2 fully saturated rings. The van der Waals surface area contributed by atoms with Crippen LogP contribution in [0.4, 0.5) is 0 Å². The number of rotatable bonds is 1. The van der Waals surface area contributed by atoms with E-state index in [1.165, 1.54) is 5.57 Å². The van der Waals surface area contributed by atoms with Crippen molar-refractivity contribution in [1.82, 2.24) is 0 Å². The van der Waals surface area contributed by atoms with E-state index in [9.17, 15) is 15.0 Å². The van der Waals surface area contributed by atoms with E-state index in [0.717, 1.165) is 32.1 Å². The summed E-state index contributed by atoms with van der Waals surface area (Å²) in [6, 6.07) is 0. The lowest BCUT2D eigenvalue weighted by Crippen LogP contribution is -2.56. The number of hydrogen-bond donors (Lipinski definition) is 2. The Kier molecular flexibility index (Phi) is 3.64. The zero-order valence-electron chi connectivity index (χ0n) is 15.0. The normalized spacial score (nSPS) is 53.0. The second-order valence-corrected chi connectivity index (χ2v) is 9.15. The summed E-state index contributed by atoms with van der Waals surface area (Å²) < 4.78 is 0. The molecular formula is C21H30O3. The highest BCUT2D eigenvalue weighted by Gasteiger charge is 2.62. The van der Waals surface area contributed by atoms with Gasteiger partial charge in [-0.05, 0) is 67.8 Å². The first-order valence-corrected chi connectivity index (χ1v) is 9.55. The molecule has 0 aromatic rings. The zero-order valence-corrected chi connectivity index (χ0v) is 15.0. The molecular weight excluding hydrogens is 300 g/mol. The molecule has 0 spiro atoms. The second-order valence-electron chi connectivity index (χ2n) is 9.15. The van der Waals surface area contributed by atoms with Crippen molar-refractivity contribution < 1.29 is 15.0 Å². The highest BCUT2D eigenvalue weighted by molar-refractivity contribution is 5.79. The van der Waals surface area contributed by atoms with Crippen LogP contribution in [0, 0.1) is 34.5 Å². The van der Waals surface area contributed by atoms with Crippen molar-refractivity contribution in [3.8, 4) is 0 Å². The molecule has 0 saturated heterocycles. The van der Waals surface area contributed by atoms with Crippen molar-refractivity contribution in [2.45, 2.75) is 65.1 Å². The standard InChI is InChI=1S/C21H30O3/c1-12(22)16-6-7-17-15-5-4-13-10-14(23)8-9-20(13,2)18(15)11-19(24)21(16,17)3/h4-5,10,14-19,23-24H,6-9,11H2,1-3H3/t14?,15-,16?,17-,18-,19+,20-,21+/m0/s1. The number of carbonyl (C=O) groups excluding carboxylic acids is 1. The summed E-state index contributed by atoms with van der Waals surface area (Å²) in [5, 5.41) is 21.1. The summed E-state index contributed by atoms with van der Waals surface area (Å²) in [6.07, 6.45) is 10.4. The minimum atomic E-state index is -0.406. The Balaban J connectivity index is 1.76. The lowest BCUT2D eigenvalue weighted by Gasteiger charge is -2.58. The molecule has 2 N–H and O–H groups in total. The van der Waals surface area contributed by atoms with Gasteiger partial charge in [0.15, 0.2) is 0 Å². The first-order valence-electron chi connectivity index (χ1n) is 9.55. The van der Waals surface area contributed by atoms with Gasteiger partial charge in [-0.15, -0.1) is 0 Å². The quantitative estimate of drug-likeness (QED) is 0.776. The summed E-state index contributed by atoms with van der Waals surface area (Å²) in [7, 11) is 0. The van der Waals surface area contributed by atoms with Crippen LogP contribution in [0.3, 0.4) is 0 Å². The summed E-state index contributed by atoms with van der Waals surface area (Å²) in [4.78, 5) is 12.2. The Morgan fingerprint density at radius 1 is 1.17 bits per heavy atom. The minimum Gasteiger partial charge on any atom is -0.393 e. The highest BCUT2D eigenvalue weighted by atomic mass is 16.3. The maximum Gasteiger partial charge on any atom is 0.133 e. The van der Waals surface area contributed by atoms with Gasteiger partial charge in [0.2, 0.25) is 0 Å². The van der Waals surface area contributed by atoms with Gasteiger partial charge in [-0.2, -0.15) is 0 Å². The number of aliphatic hydroxyl groups excluding tert-OH is 2. The van der Waals surface area contributed by atoms with Crippen LogP contribution in [0.15, 0.2) is 23.8 Å². The lowest BCUT2D eigenvalue weighted by atomic mass is 9.47.